The lowest BCUT2D eigenvalue weighted by Crippen LogP contribution is -2.25. The molecule has 0 unspecified atom stereocenters. The standard InChI is InChI=1S/C20H17ClFN5O/c21-18-9-17(27-4-3-13-7-15(22)1-2-19(13)27)8-14-11-26(5-6-28-20(14)18)12-16-10-23-25-24-16/h1-4,7-10H,5-6,11-12H2,(H,23,24,25). The molecule has 0 spiro atoms. The average Bonchev–Trinajstić information content (AvgIpc) is 3.27. The monoisotopic (exact) mass is 397 g/mol. The van der Waals surface area contributed by atoms with Crippen LogP contribution in [0.1, 0.15) is 11.3 Å². The fourth-order valence-corrected chi connectivity index (χ4v) is 3.94. The third-order valence-corrected chi connectivity index (χ3v) is 5.21. The van der Waals surface area contributed by atoms with Crippen molar-refractivity contribution in [2.75, 3.05) is 13.2 Å². The Labute approximate surface area is 165 Å². The van der Waals surface area contributed by atoms with E-state index in [4.69, 9.17) is 16.3 Å². The molecule has 0 saturated heterocycles. The largest absolute Gasteiger partial charge is 0.490 e. The lowest BCUT2D eigenvalue weighted by Gasteiger charge is -2.18. The van der Waals surface area contributed by atoms with E-state index in [1.54, 1.807) is 12.3 Å². The molecule has 0 bridgehead atoms. The molecule has 0 fully saturated rings. The molecule has 4 aromatic rings. The van der Waals surface area contributed by atoms with Gasteiger partial charge in [-0.15, -0.1) is 0 Å². The fraction of sp³-hybridized carbons (Fsp3) is 0.200. The first-order valence-electron chi connectivity index (χ1n) is 8.96. The maximum Gasteiger partial charge on any atom is 0.142 e. The Morgan fingerprint density at radius 1 is 1.21 bits per heavy atom. The highest BCUT2D eigenvalue weighted by Gasteiger charge is 2.20. The summed E-state index contributed by atoms with van der Waals surface area (Å²) in [5.74, 6) is 0.470. The molecule has 1 aliphatic rings. The molecule has 28 heavy (non-hydrogen) atoms. The van der Waals surface area contributed by atoms with Crippen LogP contribution >= 0.6 is 11.6 Å². The van der Waals surface area contributed by atoms with E-state index in [0.29, 0.717) is 24.7 Å². The van der Waals surface area contributed by atoms with E-state index >= 15 is 0 Å². The van der Waals surface area contributed by atoms with Crippen LogP contribution in [0, 0.1) is 5.82 Å². The molecular formula is C20H17ClFN5O. The molecule has 2 aromatic heterocycles. The van der Waals surface area contributed by atoms with E-state index in [2.05, 4.69) is 26.4 Å². The molecular weight excluding hydrogens is 381 g/mol. The van der Waals surface area contributed by atoms with Crippen molar-refractivity contribution in [1.82, 2.24) is 24.9 Å². The van der Waals surface area contributed by atoms with Gasteiger partial charge in [-0.3, -0.25) is 4.90 Å². The van der Waals surface area contributed by atoms with Crippen LogP contribution in [0.15, 0.2) is 48.8 Å². The minimum atomic E-state index is -0.248. The molecule has 8 heteroatoms. The Kier molecular flexibility index (Phi) is 4.26. The summed E-state index contributed by atoms with van der Waals surface area (Å²) in [4.78, 5) is 2.24. The first-order chi connectivity index (χ1) is 13.7. The Hall–Kier alpha value is -2.90. The summed E-state index contributed by atoms with van der Waals surface area (Å²) in [7, 11) is 0. The lowest BCUT2D eigenvalue weighted by molar-refractivity contribution is 0.217. The first kappa shape index (κ1) is 17.2. The zero-order valence-corrected chi connectivity index (χ0v) is 15.7. The van der Waals surface area contributed by atoms with Gasteiger partial charge in [0.1, 0.15) is 18.2 Å². The predicted molar refractivity (Wildman–Crippen MR) is 104 cm³/mol. The Morgan fingerprint density at radius 2 is 2.14 bits per heavy atom. The number of ether oxygens (including phenoxy) is 1. The summed E-state index contributed by atoms with van der Waals surface area (Å²) in [5.41, 5.74) is 3.72. The molecule has 6 nitrogen and oxygen atoms in total. The minimum Gasteiger partial charge on any atom is -0.490 e. The number of fused-ring (bicyclic) bond motifs is 2. The quantitative estimate of drug-likeness (QED) is 0.569. The lowest BCUT2D eigenvalue weighted by atomic mass is 10.1. The van der Waals surface area contributed by atoms with Crippen LogP contribution < -0.4 is 4.74 Å². The van der Waals surface area contributed by atoms with Crippen molar-refractivity contribution in [2.45, 2.75) is 13.1 Å². The van der Waals surface area contributed by atoms with Crippen LogP contribution in [-0.2, 0) is 13.1 Å². The van der Waals surface area contributed by atoms with Crippen molar-refractivity contribution in [3.05, 3.63) is 70.9 Å². The number of halogens is 2. The highest BCUT2D eigenvalue weighted by Crippen LogP contribution is 2.35. The molecule has 0 radical (unpaired) electrons. The summed E-state index contributed by atoms with van der Waals surface area (Å²) in [5, 5.41) is 12.1. The van der Waals surface area contributed by atoms with Crippen LogP contribution in [0.3, 0.4) is 0 Å². The summed E-state index contributed by atoms with van der Waals surface area (Å²) >= 11 is 6.56. The van der Waals surface area contributed by atoms with Crippen molar-refractivity contribution in [3.63, 3.8) is 0 Å². The van der Waals surface area contributed by atoms with E-state index < -0.39 is 0 Å². The third-order valence-electron chi connectivity index (χ3n) is 4.93. The third kappa shape index (κ3) is 3.12. The number of benzene rings is 2. The zero-order chi connectivity index (χ0) is 19.1. The number of nitrogens with zero attached hydrogens (tertiary/aromatic N) is 4. The maximum absolute atomic E-state index is 13.5. The van der Waals surface area contributed by atoms with Gasteiger partial charge in [-0.05, 0) is 36.4 Å². The van der Waals surface area contributed by atoms with Crippen LogP contribution in [0.5, 0.6) is 5.75 Å². The van der Waals surface area contributed by atoms with Crippen molar-refractivity contribution in [2.24, 2.45) is 0 Å². The number of rotatable bonds is 3. The fourth-order valence-electron chi connectivity index (χ4n) is 3.65. The van der Waals surface area contributed by atoms with E-state index in [-0.39, 0.29) is 5.82 Å². The highest BCUT2D eigenvalue weighted by atomic mass is 35.5. The minimum absolute atomic E-state index is 0.248. The van der Waals surface area contributed by atoms with Crippen molar-refractivity contribution < 1.29 is 9.13 Å². The smallest absolute Gasteiger partial charge is 0.142 e. The van der Waals surface area contributed by atoms with Crippen molar-refractivity contribution >= 4 is 22.5 Å². The SMILES string of the molecule is Fc1ccc2c(ccn2-c2cc(Cl)c3c(c2)CN(Cc2cn[nH]n2)CCO3)c1. The number of hydrogen-bond donors (Lipinski definition) is 1. The molecule has 1 aliphatic heterocycles. The number of aromatic nitrogens is 4. The predicted octanol–water partition coefficient (Wildman–Crippen LogP) is 3.94. The van der Waals surface area contributed by atoms with Crippen LogP contribution in [0.25, 0.3) is 16.6 Å². The van der Waals surface area contributed by atoms with E-state index in [1.807, 2.05) is 22.9 Å². The van der Waals surface area contributed by atoms with Gasteiger partial charge in [0.05, 0.1) is 22.4 Å². The number of nitrogens with one attached hydrogen (secondary N) is 1. The van der Waals surface area contributed by atoms with Gasteiger partial charge in [0.2, 0.25) is 0 Å². The van der Waals surface area contributed by atoms with Crippen LogP contribution in [0.4, 0.5) is 4.39 Å². The Morgan fingerprint density at radius 3 is 3.00 bits per heavy atom. The number of aromatic amines is 1. The molecule has 3 heterocycles. The van der Waals surface area contributed by atoms with E-state index in [1.165, 1.54) is 12.1 Å². The van der Waals surface area contributed by atoms with Gasteiger partial charge in [0.25, 0.3) is 0 Å². The van der Waals surface area contributed by atoms with Crippen LogP contribution in [0.2, 0.25) is 5.02 Å². The summed E-state index contributed by atoms with van der Waals surface area (Å²) in [6, 6.07) is 10.6. The maximum atomic E-state index is 13.5. The van der Waals surface area contributed by atoms with Gasteiger partial charge in [-0.1, -0.05) is 11.6 Å². The Bertz CT molecular complexity index is 1140. The van der Waals surface area contributed by atoms with E-state index in [0.717, 1.165) is 40.1 Å². The molecule has 142 valence electrons. The van der Waals surface area contributed by atoms with Crippen LogP contribution in [-0.4, -0.2) is 38.0 Å². The molecule has 0 saturated carbocycles. The van der Waals surface area contributed by atoms with Gasteiger partial charge < -0.3 is 9.30 Å². The molecule has 5 rings (SSSR count). The topological polar surface area (TPSA) is 59.0 Å². The molecule has 0 aliphatic carbocycles. The summed E-state index contributed by atoms with van der Waals surface area (Å²) in [6.45, 7) is 2.67. The highest BCUT2D eigenvalue weighted by molar-refractivity contribution is 6.32. The second-order valence-corrected chi connectivity index (χ2v) is 7.23. The first-order valence-corrected chi connectivity index (χ1v) is 9.34. The van der Waals surface area contributed by atoms with Gasteiger partial charge in [-0.25, -0.2) is 4.39 Å². The molecule has 2 aromatic carbocycles. The summed E-state index contributed by atoms with van der Waals surface area (Å²) in [6.07, 6.45) is 3.65. The van der Waals surface area contributed by atoms with Gasteiger partial charge in [0.15, 0.2) is 0 Å². The number of H-pyrrole nitrogens is 1. The second kappa shape index (κ2) is 6.92. The molecule has 0 atom stereocenters. The second-order valence-electron chi connectivity index (χ2n) is 6.83. The van der Waals surface area contributed by atoms with E-state index in [9.17, 15) is 4.39 Å². The van der Waals surface area contributed by atoms with Crippen molar-refractivity contribution in [3.8, 4) is 11.4 Å². The molecule has 0 amide bonds. The number of hydrogen-bond acceptors (Lipinski definition) is 4. The van der Waals surface area contributed by atoms with Gasteiger partial charge in [-0.2, -0.15) is 15.4 Å². The zero-order valence-electron chi connectivity index (χ0n) is 14.9. The summed E-state index contributed by atoms with van der Waals surface area (Å²) < 4.78 is 21.5. The normalized spacial score (nSPS) is 14.6. The molecule has 1 N–H and O–H groups in total. The van der Waals surface area contributed by atoms with Gasteiger partial charge in [0, 0.05) is 42.5 Å². The van der Waals surface area contributed by atoms with Crippen molar-refractivity contribution in [1.29, 1.82) is 0 Å². The Balaban J connectivity index is 1.53. The average molecular weight is 398 g/mol. The van der Waals surface area contributed by atoms with Gasteiger partial charge >= 0.3 is 0 Å².